The summed E-state index contributed by atoms with van der Waals surface area (Å²) in [5.74, 6) is 0.455. The van der Waals surface area contributed by atoms with Crippen molar-refractivity contribution in [2.45, 2.75) is 117 Å². The summed E-state index contributed by atoms with van der Waals surface area (Å²) in [6.45, 7) is 4.86. The first-order valence-electron chi connectivity index (χ1n) is 33.2. The molecule has 10 aromatic heterocycles. The van der Waals surface area contributed by atoms with E-state index in [2.05, 4.69) is 169 Å². The summed E-state index contributed by atoms with van der Waals surface area (Å²) in [6, 6.07) is 54.5. The van der Waals surface area contributed by atoms with Crippen molar-refractivity contribution < 1.29 is 85.8 Å². The molecular formula is C78H80F6N12O4P2Ru2. The van der Waals surface area contributed by atoms with E-state index in [1.54, 1.807) is 24.8 Å². The topological polar surface area (TPSA) is 221 Å². The number of hydrogen-bond donors (Lipinski definition) is 1. The van der Waals surface area contributed by atoms with Gasteiger partial charge in [0.2, 0.25) is 0 Å². The fourth-order valence-electron chi connectivity index (χ4n) is 10.9. The normalized spacial score (nSPS) is 10.0. The van der Waals surface area contributed by atoms with Crippen molar-refractivity contribution in [3.63, 3.8) is 0 Å². The number of hydrogen-bond acceptors (Lipinski definition) is 13. The van der Waals surface area contributed by atoms with Crippen LogP contribution >= 0.6 is 17.9 Å². The van der Waals surface area contributed by atoms with Gasteiger partial charge < -0.3 is 29.8 Å². The maximum absolute atomic E-state index is 10.8. The molecule has 544 valence electrons. The number of rotatable bonds is 22. The molecule has 1 N–H and O–H groups in total. The first kappa shape index (κ1) is 87.1. The van der Waals surface area contributed by atoms with Crippen LogP contribution in [0.15, 0.2) is 219 Å². The van der Waals surface area contributed by atoms with E-state index in [-0.39, 0.29) is 44.5 Å². The van der Waals surface area contributed by atoms with Gasteiger partial charge in [0.25, 0.3) is 6.47 Å². The molecule has 0 saturated carbocycles. The molecule has 2 unspecified atom stereocenters. The number of carbonyl (C=O) groups excluding carboxylic acids is 1. The molecule has 14 rings (SSSR count). The van der Waals surface area contributed by atoms with Gasteiger partial charge in [-0.05, 0) is 126 Å². The fraction of sp³-hybridized carbons (Fsp3) is 0.231. The van der Waals surface area contributed by atoms with E-state index in [0.717, 1.165) is 89.9 Å². The van der Waals surface area contributed by atoms with Crippen molar-refractivity contribution in [3.05, 3.63) is 236 Å². The number of carbonyl (C=O) groups is 2. The zero-order chi connectivity index (χ0) is 72.9. The summed E-state index contributed by atoms with van der Waals surface area (Å²) >= 11 is 0. The van der Waals surface area contributed by atoms with Gasteiger partial charge in [-0.1, -0.05) is 200 Å². The number of aromatic carboxylic acids is 1. The number of halogens is 6. The van der Waals surface area contributed by atoms with Crippen molar-refractivity contribution in [2.75, 3.05) is 0 Å². The maximum atomic E-state index is 10.8. The summed E-state index contributed by atoms with van der Waals surface area (Å²) in [6.07, 6.45) is 35.3. The number of aromatic nitrogens is 12. The van der Waals surface area contributed by atoms with Gasteiger partial charge in [0.15, 0.2) is 0 Å². The third-order valence-corrected chi connectivity index (χ3v) is 15.8. The van der Waals surface area contributed by atoms with Gasteiger partial charge in [-0.2, -0.15) is 0 Å². The number of ether oxygens (including phenoxy) is 1. The Hall–Kier alpha value is -9.31. The smallest absolute Gasteiger partial charge is 0.478 e. The molecule has 2 atom stereocenters. The number of pyridine rings is 8. The van der Waals surface area contributed by atoms with E-state index in [9.17, 15) is 9.59 Å². The summed E-state index contributed by atoms with van der Waals surface area (Å²) in [5.41, 5.74) is 13.2. The average Bonchev–Trinajstić information content (AvgIpc) is 1.43. The summed E-state index contributed by atoms with van der Waals surface area (Å²) in [4.78, 5) is 73.5. The van der Waals surface area contributed by atoms with Crippen LogP contribution in [-0.4, -0.2) is 67.4 Å². The first-order valence-corrected chi connectivity index (χ1v) is 35.9. The Kier molecular flexibility index (Phi) is 42.7. The maximum Gasteiger partial charge on any atom is 1.00 e. The van der Waals surface area contributed by atoms with E-state index in [1.807, 2.05) is 85.2 Å². The number of unbranched alkanes of at least 4 members (excludes halogenated alkanes) is 12. The fourth-order valence-corrected chi connectivity index (χ4v) is 10.9. The Morgan fingerprint density at radius 2 is 0.740 bits per heavy atom. The molecule has 16 nitrogen and oxygen atoms in total. The number of benzene rings is 4. The van der Waals surface area contributed by atoms with Gasteiger partial charge in [-0.3, -0.25) is 44.7 Å². The summed E-state index contributed by atoms with van der Waals surface area (Å²) < 4.78 is 52.7. The minimum atomic E-state index is -1.04. The van der Waals surface area contributed by atoms with Crippen LogP contribution in [0.4, 0.5) is 27.4 Å². The Balaban J connectivity index is 0.000000274. The Morgan fingerprint density at radius 3 is 1.11 bits per heavy atom. The largest absolute Gasteiger partial charge is 1.00 e. The number of carboxylic acids is 1. The molecule has 0 bridgehead atoms. The number of fused-ring (bicyclic) bond motifs is 8. The minimum absolute atomic E-state index is 0. The summed E-state index contributed by atoms with van der Waals surface area (Å²) in [7, 11) is 4.67. The summed E-state index contributed by atoms with van der Waals surface area (Å²) in [5, 5.41) is 13.4. The second-order valence-electron chi connectivity index (χ2n) is 22.7. The second-order valence-corrected chi connectivity index (χ2v) is 22.7. The van der Waals surface area contributed by atoms with E-state index in [4.69, 9.17) is 32.6 Å². The first-order chi connectivity index (χ1) is 50.3. The molecule has 0 aliphatic carbocycles. The van der Waals surface area contributed by atoms with Crippen LogP contribution in [0.3, 0.4) is 0 Å². The third-order valence-electron chi connectivity index (χ3n) is 15.8. The number of carboxylic acid groups (broad SMARTS) is 1. The van der Waals surface area contributed by atoms with Crippen LogP contribution in [0, 0.1) is 0 Å². The molecule has 104 heavy (non-hydrogen) atoms. The molecule has 26 heteroatoms. The molecule has 2 radical (unpaired) electrons. The average molecular weight is 1630 g/mol. The molecule has 10 heterocycles. The zero-order valence-corrected chi connectivity index (χ0v) is 63.1. The molecule has 0 aliphatic heterocycles. The zero-order valence-electron chi connectivity index (χ0n) is 57.3. The predicted molar refractivity (Wildman–Crippen MR) is 401 cm³/mol. The van der Waals surface area contributed by atoms with Crippen molar-refractivity contribution in [3.8, 4) is 40.2 Å². The van der Waals surface area contributed by atoms with Crippen LogP contribution in [0.5, 0.6) is 5.75 Å². The Labute approximate surface area is 630 Å². The van der Waals surface area contributed by atoms with Crippen LogP contribution < -0.4 is 14.7 Å². The van der Waals surface area contributed by atoms with Gasteiger partial charge >= 0.3 is 44.9 Å². The number of imidazole rings is 2. The second kappa shape index (κ2) is 50.9. The number of aryl methyl sites for hydroxylation is 2. The van der Waals surface area contributed by atoms with E-state index in [0.29, 0.717) is 35.3 Å². The molecule has 0 fully saturated rings. The van der Waals surface area contributed by atoms with Gasteiger partial charge in [0, 0.05) is 105 Å². The van der Waals surface area contributed by atoms with Crippen molar-refractivity contribution in [2.24, 2.45) is 0 Å². The SMILES string of the molecule is CCCCCCCCCc1ccnc(-c2cc(CCCCCCCCC)ccn2)c1.FF.FF.FF.O=COc1ccnc(-c2cc(C(=O)O)ccn2)c1.PP.[Ru+].[Ru+].c1ccc2[n-]c(-c3nc4ccccc4[n-]3)nc2c1.c1cnc2c(c1)ccc1cccnc12.c1cnc2c(c1)ccc1cccnc12. The molecule has 0 amide bonds. The molecule has 0 saturated heterocycles. The van der Waals surface area contributed by atoms with Crippen LogP contribution in [0.2, 0.25) is 0 Å². The van der Waals surface area contributed by atoms with Gasteiger partial charge in [-0.25, -0.2) is 4.79 Å². The molecule has 4 aromatic carbocycles. The quantitative estimate of drug-likeness (QED) is 0.0166. The molecular weight excluding hydrogens is 1550 g/mol. The predicted octanol–water partition coefficient (Wildman–Crippen LogP) is 21.2. The van der Waals surface area contributed by atoms with E-state index >= 15 is 0 Å². The molecule has 14 aromatic rings. The monoisotopic (exact) mass is 1630 g/mol. The van der Waals surface area contributed by atoms with Gasteiger partial charge in [-0.15, -0.1) is 17.9 Å². The number of para-hydroxylation sites is 4. The number of nitrogens with zero attached hydrogens (tertiary/aromatic N) is 12. The van der Waals surface area contributed by atoms with E-state index in [1.165, 1.54) is 138 Å². The third kappa shape index (κ3) is 27.7. The minimum Gasteiger partial charge on any atom is -0.478 e. The standard InChI is InChI=1S/C28H44N2.C14H8N4.C12H8N2O4.2C12H8N2.3F2.H4P2.2Ru/c1-3-5-7-9-11-13-15-17-25-19-21-29-27(23-25)28-24-26(20-22-30-28)18-16-14-12-10-8-6-4-2;1-2-6-10-9(5-1)15-13(16-10)14-17-11-7-3-4-8-12(11)18-14;15-7-18-9-2-4-14-11(6-9)10-5-8(12(16)17)1-3-13-10;2*1-3-9-5-6-10-4-2-8-14-12(10)11(9)13-7-1;4*1-2;;/h19-24H,3-18H2,1-2H3;1-8H;1-7H,(H,16,17);2*1-8H;;;;1-2H2;;/q;-2;;;;;;;;2*+1. The van der Waals surface area contributed by atoms with Crippen molar-refractivity contribution in [1.82, 2.24) is 59.8 Å². The molecule has 0 spiro atoms. The Bertz CT molecular complexity index is 4350. The van der Waals surface area contributed by atoms with E-state index < -0.39 is 5.97 Å². The van der Waals surface area contributed by atoms with Crippen molar-refractivity contribution >= 4 is 96.0 Å². The van der Waals surface area contributed by atoms with Crippen LogP contribution in [0.1, 0.15) is 125 Å². The van der Waals surface area contributed by atoms with Crippen LogP contribution in [0.25, 0.3) is 100 Å². The van der Waals surface area contributed by atoms with Crippen molar-refractivity contribution in [1.29, 1.82) is 0 Å². The van der Waals surface area contributed by atoms with Gasteiger partial charge in [0.05, 0.1) is 50.4 Å². The molecule has 0 aliphatic rings. The Morgan fingerprint density at radius 1 is 0.404 bits per heavy atom. The van der Waals surface area contributed by atoms with Gasteiger partial charge in [0.1, 0.15) is 5.75 Å². The van der Waals surface area contributed by atoms with Crippen LogP contribution in [-0.2, 0) is 56.6 Å².